The van der Waals surface area contributed by atoms with Crippen LogP contribution in [-0.4, -0.2) is 49.0 Å². The van der Waals surface area contributed by atoms with Crippen molar-refractivity contribution in [2.24, 2.45) is 0 Å². The Morgan fingerprint density at radius 3 is 2.52 bits per heavy atom. The maximum Gasteiger partial charge on any atom is 0.230 e. The van der Waals surface area contributed by atoms with Crippen LogP contribution >= 0.6 is 11.3 Å². The second-order valence-electron chi connectivity index (χ2n) is 7.54. The smallest absolute Gasteiger partial charge is 0.230 e. The number of halogens is 1. The highest BCUT2D eigenvalue weighted by atomic mass is 32.1. The number of rotatable bonds is 7. The summed E-state index contributed by atoms with van der Waals surface area (Å²) in [7, 11) is 2.14. The van der Waals surface area contributed by atoms with Crippen LogP contribution in [0.1, 0.15) is 10.7 Å². The molecule has 0 unspecified atom stereocenters. The van der Waals surface area contributed by atoms with Gasteiger partial charge < -0.3 is 19.9 Å². The molecule has 0 atom stereocenters. The number of likely N-dealkylation sites (N-methyl/N-ethyl adjacent to an activating group) is 1. The highest BCUT2D eigenvalue weighted by Gasteiger charge is 2.14. The van der Waals surface area contributed by atoms with Crippen molar-refractivity contribution < 1.29 is 13.9 Å². The molecule has 8 heteroatoms. The molecule has 162 valence electrons. The number of carbonyl (C=O) groups excluding carboxylic acids is 1. The number of carbonyl (C=O) groups is 1. The summed E-state index contributed by atoms with van der Waals surface area (Å²) in [5.74, 6) is 0.170. The summed E-state index contributed by atoms with van der Waals surface area (Å²) in [6.07, 6.45) is 0.202. The molecule has 6 nitrogen and oxygen atoms in total. The van der Waals surface area contributed by atoms with Crippen LogP contribution in [0.3, 0.4) is 0 Å². The van der Waals surface area contributed by atoms with E-state index >= 15 is 0 Å². The summed E-state index contributed by atoms with van der Waals surface area (Å²) in [5, 5.41) is 5.56. The molecular formula is C23H25FN4O2S. The van der Waals surface area contributed by atoms with Crippen molar-refractivity contribution in [1.29, 1.82) is 0 Å². The molecule has 1 amide bonds. The van der Waals surface area contributed by atoms with Gasteiger partial charge >= 0.3 is 0 Å². The summed E-state index contributed by atoms with van der Waals surface area (Å²) in [6, 6.07) is 13.8. The minimum Gasteiger partial charge on any atom is -0.486 e. The molecule has 1 aromatic heterocycles. The van der Waals surface area contributed by atoms with Crippen LogP contribution in [0.25, 0.3) is 0 Å². The van der Waals surface area contributed by atoms with Crippen LogP contribution in [0, 0.1) is 5.82 Å². The Morgan fingerprint density at radius 2 is 1.81 bits per heavy atom. The lowest BCUT2D eigenvalue weighted by molar-refractivity contribution is -0.115. The van der Waals surface area contributed by atoms with E-state index in [9.17, 15) is 9.18 Å². The number of aromatic nitrogens is 1. The van der Waals surface area contributed by atoms with Crippen molar-refractivity contribution in [3.63, 3.8) is 0 Å². The number of hydrogen-bond donors (Lipinski definition) is 1. The van der Waals surface area contributed by atoms with Gasteiger partial charge in [0.15, 0.2) is 0 Å². The third-order valence-electron chi connectivity index (χ3n) is 5.14. The molecule has 0 aliphatic carbocycles. The van der Waals surface area contributed by atoms with E-state index in [1.807, 2.05) is 17.5 Å². The van der Waals surface area contributed by atoms with Gasteiger partial charge in [-0.2, -0.15) is 0 Å². The monoisotopic (exact) mass is 440 g/mol. The number of nitrogens with one attached hydrogen (secondary N) is 1. The molecule has 4 rings (SSSR count). The Balaban J connectivity index is 1.25. The number of anilines is 2. The van der Waals surface area contributed by atoms with Gasteiger partial charge in [-0.25, -0.2) is 9.37 Å². The zero-order valence-electron chi connectivity index (χ0n) is 17.4. The highest BCUT2D eigenvalue weighted by Crippen LogP contribution is 2.20. The van der Waals surface area contributed by atoms with Gasteiger partial charge in [0.2, 0.25) is 5.91 Å². The normalized spacial score (nSPS) is 14.5. The molecule has 1 aliphatic rings. The SMILES string of the molecule is CN1CCN(c2ccc(NC(=O)Cc3csc(COc4ccc(F)cc4)n3)cc2)CC1. The summed E-state index contributed by atoms with van der Waals surface area (Å²) in [5.41, 5.74) is 2.66. The molecule has 1 fully saturated rings. The second-order valence-corrected chi connectivity index (χ2v) is 8.48. The van der Waals surface area contributed by atoms with Gasteiger partial charge in [-0.3, -0.25) is 4.79 Å². The van der Waals surface area contributed by atoms with Crippen molar-refractivity contribution in [1.82, 2.24) is 9.88 Å². The first-order valence-corrected chi connectivity index (χ1v) is 11.1. The average Bonchev–Trinajstić information content (AvgIpc) is 3.21. The van der Waals surface area contributed by atoms with Gasteiger partial charge in [0.25, 0.3) is 0 Å². The Hall–Kier alpha value is -2.97. The zero-order chi connectivity index (χ0) is 21.6. The van der Waals surface area contributed by atoms with Crippen LogP contribution in [0.2, 0.25) is 0 Å². The Bertz CT molecular complexity index is 999. The predicted octanol–water partition coefficient (Wildman–Crippen LogP) is 3.79. The molecule has 0 bridgehead atoms. The number of thiazole rings is 1. The highest BCUT2D eigenvalue weighted by molar-refractivity contribution is 7.09. The molecule has 31 heavy (non-hydrogen) atoms. The van der Waals surface area contributed by atoms with Crippen LogP contribution in [0.5, 0.6) is 5.75 Å². The van der Waals surface area contributed by atoms with Crippen LogP contribution in [0.15, 0.2) is 53.9 Å². The lowest BCUT2D eigenvalue weighted by Gasteiger charge is -2.34. The molecule has 0 saturated carbocycles. The number of hydrogen-bond acceptors (Lipinski definition) is 6. The lowest BCUT2D eigenvalue weighted by atomic mass is 10.2. The largest absolute Gasteiger partial charge is 0.486 e. The van der Waals surface area contributed by atoms with Crippen LogP contribution < -0.4 is 15.0 Å². The van der Waals surface area contributed by atoms with Gasteiger partial charge in [0.1, 0.15) is 23.2 Å². The first kappa shape index (κ1) is 21.3. The van der Waals surface area contributed by atoms with Gasteiger partial charge in [-0.1, -0.05) is 0 Å². The van der Waals surface area contributed by atoms with E-state index in [1.165, 1.54) is 29.2 Å². The van der Waals surface area contributed by atoms with E-state index in [-0.39, 0.29) is 24.8 Å². The standard InChI is InChI=1S/C23H25FN4O2S/c1-27-10-12-28(13-11-27)20-6-4-18(5-7-20)25-22(29)14-19-16-31-23(26-19)15-30-21-8-2-17(24)3-9-21/h2-9,16H,10-15H2,1H3,(H,25,29). The van der Waals surface area contributed by atoms with Crippen LogP contribution in [0.4, 0.5) is 15.8 Å². The van der Waals surface area contributed by atoms with Crippen molar-refractivity contribution in [3.8, 4) is 5.75 Å². The molecule has 3 aromatic rings. The Labute approximate surface area is 185 Å². The molecular weight excluding hydrogens is 415 g/mol. The number of ether oxygens (including phenoxy) is 1. The molecule has 0 spiro atoms. The fraction of sp³-hybridized carbons (Fsp3) is 0.304. The maximum atomic E-state index is 12.9. The zero-order valence-corrected chi connectivity index (χ0v) is 18.2. The van der Waals surface area contributed by atoms with Gasteiger partial charge in [0.05, 0.1) is 12.1 Å². The van der Waals surface area contributed by atoms with Crippen molar-refractivity contribution in [2.45, 2.75) is 13.0 Å². The molecule has 0 radical (unpaired) electrons. The van der Waals surface area contributed by atoms with Crippen molar-refractivity contribution >= 4 is 28.6 Å². The topological polar surface area (TPSA) is 57.7 Å². The van der Waals surface area contributed by atoms with E-state index in [0.29, 0.717) is 11.4 Å². The summed E-state index contributed by atoms with van der Waals surface area (Å²) >= 11 is 1.44. The van der Waals surface area contributed by atoms with E-state index in [2.05, 4.69) is 39.3 Å². The molecule has 2 heterocycles. The van der Waals surface area contributed by atoms with E-state index in [4.69, 9.17) is 4.74 Å². The predicted molar refractivity (Wildman–Crippen MR) is 121 cm³/mol. The fourth-order valence-electron chi connectivity index (χ4n) is 3.36. The molecule has 1 saturated heterocycles. The average molecular weight is 441 g/mol. The fourth-order valence-corrected chi connectivity index (χ4v) is 4.07. The minimum atomic E-state index is -0.302. The van der Waals surface area contributed by atoms with Gasteiger partial charge in [-0.05, 0) is 55.6 Å². The van der Waals surface area contributed by atoms with Crippen molar-refractivity contribution in [2.75, 3.05) is 43.4 Å². The Kier molecular flexibility index (Phi) is 6.79. The summed E-state index contributed by atoms with van der Waals surface area (Å²) < 4.78 is 18.5. The number of nitrogens with zero attached hydrogens (tertiary/aromatic N) is 3. The molecule has 1 aliphatic heterocycles. The van der Waals surface area contributed by atoms with Crippen LogP contribution in [-0.2, 0) is 17.8 Å². The summed E-state index contributed by atoms with van der Waals surface area (Å²) in [4.78, 5) is 21.5. The van der Waals surface area contributed by atoms with E-state index in [0.717, 1.165) is 36.9 Å². The maximum absolute atomic E-state index is 12.9. The van der Waals surface area contributed by atoms with Gasteiger partial charge in [0, 0.05) is 42.9 Å². The Morgan fingerprint density at radius 1 is 1.10 bits per heavy atom. The lowest BCUT2D eigenvalue weighted by Crippen LogP contribution is -2.44. The van der Waals surface area contributed by atoms with E-state index < -0.39 is 0 Å². The van der Waals surface area contributed by atoms with E-state index in [1.54, 1.807) is 12.1 Å². The third-order valence-corrected chi connectivity index (χ3v) is 6.01. The minimum absolute atomic E-state index is 0.108. The molecule has 2 aromatic carbocycles. The first-order chi connectivity index (χ1) is 15.0. The quantitative estimate of drug-likeness (QED) is 0.606. The number of piperazine rings is 1. The van der Waals surface area contributed by atoms with Crippen molar-refractivity contribution in [3.05, 3.63) is 70.4 Å². The number of amides is 1. The third kappa shape index (κ3) is 6.02. The second kappa shape index (κ2) is 9.89. The summed E-state index contributed by atoms with van der Waals surface area (Å²) in [6.45, 7) is 4.43. The molecule has 1 N–H and O–H groups in total. The first-order valence-electron chi connectivity index (χ1n) is 10.2. The van der Waals surface area contributed by atoms with Gasteiger partial charge in [-0.15, -0.1) is 11.3 Å². The number of benzene rings is 2.